The topological polar surface area (TPSA) is 123 Å². The van der Waals surface area contributed by atoms with Crippen LogP contribution < -0.4 is 0 Å². The van der Waals surface area contributed by atoms with Gasteiger partial charge in [0.1, 0.15) is 5.41 Å². The zero-order chi connectivity index (χ0) is 22.3. The molecule has 5 rings (SSSR count). The molecule has 0 aliphatic carbocycles. The number of carboxylic acids is 1. The molecule has 0 radical (unpaired) electrons. The van der Waals surface area contributed by atoms with Crippen LogP contribution in [0.3, 0.4) is 0 Å². The first-order chi connectivity index (χ1) is 15.4. The van der Waals surface area contributed by atoms with Crippen molar-refractivity contribution < 1.29 is 19.4 Å². The van der Waals surface area contributed by atoms with Crippen LogP contribution in [0.25, 0.3) is 33.7 Å². The van der Waals surface area contributed by atoms with E-state index in [2.05, 4.69) is 19.9 Å². The summed E-state index contributed by atoms with van der Waals surface area (Å²) in [4.78, 5) is 32.9. The second-order valence-electron chi connectivity index (χ2n) is 8.09. The van der Waals surface area contributed by atoms with Crippen LogP contribution in [-0.2, 0) is 14.3 Å². The monoisotopic (exact) mass is 431 g/mol. The molecule has 1 saturated heterocycles. The summed E-state index contributed by atoms with van der Waals surface area (Å²) < 4.78 is 11.5. The van der Waals surface area contributed by atoms with Crippen molar-refractivity contribution in [2.75, 3.05) is 13.2 Å². The summed E-state index contributed by atoms with van der Waals surface area (Å²) in [6.07, 6.45) is 2.49. The average molecular weight is 431 g/mol. The summed E-state index contributed by atoms with van der Waals surface area (Å²) in [5.41, 5.74) is 4.26. The summed E-state index contributed by atoms with van der Waals surface area (Å²) in [5, 5.41) is 9.41. The van der Waals surface area contributed by atoms with Crippen LogP contribution in [0.15, 0.2) is 48.8 Å². The van der Waals surface area contributed by atoms with Crippen LogP contribution in [0.4, 0.5) is 0 Å². The number of nitrogens with zero attached hydrogens (tertiary/aromatic N) is 4. The van der Waals surface area contributed by atoms with Crippen LogP contribution in [0, 0.1) is 12.3 Å². The highest BCUT2D eigenvalue weighted by molar-refractivity contribution is 5.84. The Morgan fingerprint density at radius 3 is 2.56 bits per heavy atom. The number of H-pyrrole nitrogens is 1. The molecule has 0 amide bonds. The van der Waals surface area contributed by atoms with Crippen molar-refractivity contribution in [3.8, 4) is 22.6 Å². The first kappa shape index (κ1) is 20.2. The number of aromatic amines is 1. The van der Waals surface area contributed by atoms with Gasteiger partial charge in [-0.25, -0.2) is 4.98 Å². The first-order valence-corrected chi connectivity index (χ1v) is 10.1. The molecule has 0 bridgehead atoms. The number of hydrogen-bond donors (Lipinski definition) is 2. The minimum absolute atomic E-state index is 0.0205. The lowest BCUT2D eigenvalue weighted by Gasteiger charge is -2.33. The van der Waals surface area contributed by atoms with Crippen molar-refractivity contribution in [1.29, 1.82) is 0 Å². The number of aliphatic carboxylic acids is 1. The fourth-order valence-electron chi connectivity index (χ4n) is 3.58. The van der Waals surface area contributed by atoms with E-state index in [-0.39, 0.29) is 13.2 Å². The molecule has 1 aliphatic heterocycles. The molecule has 1 aliphatic rings. The van der Waals surface area contributed by atoms with Crippen molar-refractivity contribution in [2.24, 2.45) is 5.41 Å². The van der Waals surface area contributed by atoms with Crippen molar-refractivity contribution in [1.82, 2.24) is 24.9 Å². The summed E-state index contributed by atoms with van der Waals surface area (Å²) in [7, 11) is 0. The van der Waals surface area contributed by atoms with Gasteiger partial charge in [-0.05, 0) is 38.1 Å². The summed E-state index contributed by atoms with van der Waals surface area (Å²) in [6, 6.07) is 11.5. The summed E-state index contributed by atoms with van der Waals surface area (Å²) in [5.74, 6) is -0.511. The van der Waals surface area contributed by atoms with E-state index < -0.39 is 17.7 Å². The maximum absolute atomic E-state index is 11.5. The molecule has 4 heterocycles. The third kappa shape index (κ3) is 3.61. The molecule has 0 unspecified atom stereocenters. The lowest BCUT2D eigenvalue weighted by Crippen LogP contribution is -2.42. The highest BCUT2D eigenvalue weighted by Crippen LogP contribution is 2.36. The van der Waals surface area contributed by atoms with Crippen molar-refractivity contribution in [3.63, 3.8) is 0 Å². The van der Waals surface area contributed by atoms with Gasteiger partial charge in [-0.1, -0.05) is 12.1 Å². The molecule has 0 atom stereocenters. The van der Waals surface area contributed by atoms with Gasteiger partial charge in [0, 0.05) is 23.7 Å². The van der Waals surface area contributed by atoms with Gasteiger partial charge in [-0.2, -0.15) is 0 Å². The quantitative estimate of drug-likeness (QED) is 0.503. The number of fused-ring (bicyclic) bond motifs is 1. The Morgan fingerprint density at radius 2 is 1.84 bits per heavy atom. The smallest absolute Gasteiger partial charge is 0.314 e. The minimum atomic E-state index is -1.09. The molecular weight excluding hydrogens is 410 g/mol. The van der Waals surface area contributed by atoms with Crippen molar-refractivity contribution in [2.45, 2.75) is 20.1 Å². The molecule has 2 N–H and O–H groups in total. The van der Waals surface area contributed by atoms with Gasteiger partial charge in [0.15, 0.2) is 5.82 Å². The third-order valence-electron chi connectivity index (χ3n) is 5.46. The maximum atomic E-state index is 11.5. The van der Waals surface area contributed by atoms with Gasteiger partial charge in [-0.3, -0.25) is 19.7 Å². The zero-order valence-electron chi connectivity index (χ0n) is 17.6. The van der Waals surface area contributed by atoms with Crippen LogP contribution >= 0.6 is 0 Å². The third-order valence-corrected chi connectivity index (χ3v) is 5.46. The molecule has 1 aromatic carbocycles. The number of aryl methyl sites for hydroxylation is 1. The lowest BCUT2D eigenvalue weighted by atomic mass is 9.92. The molecule has 1 fully saturated rings. The van der Waals surface area contributed by atoms with E-state index in [4.69, 9.17) is 14.5 Å². The standard InChI is InChI=1S/C23H21N5O4/c1-13-4-3-5-16(26-13)19-18(14-6-7-15-17(10-14)25-9-8-24-15)27-20(28-19)21-31-11-23(2,12-32-21)22(29)30/h3-10,21H,11-12H2,1-2H3,(H,27,28)(H,29,30). The van der Waals surface area contributed by atoms with Gasteiger partial charge < -0.3 is 19.6 Å². The molecule has 9 nitrogen and oxygen atoms in total. The minimum Gasteiger partial charge on any atom is -0.481 e. The number of ether oxygens (including phenoxy) is 2. The number of aromatic nitrogens is 5. The van der Waals surface area contributed by atoms with Gasteiger partial charge in [0.2, 0.25) is 6.29 Å². The number of carbonyl (C=O) groups is 1. The Labute approximate surface area is 183 Å². The van der Waals surface area contributed by atoms with E-state index in [9.17, 15) is 9.90 Å². The highest BCUT2D eigenvalue weighted by atomic mass is 16.7. The Balaban J connectivity index is 1.57. The van der Waals surface area contributed by atoms with Crippen molar-refractivity contribution >= 4 is 17.0 Å². The Kier molecular flexibility index (Phi) is 4.91. The van der Waals surface area contributed by atoms with Crippen LogP contribution in [-0.4, -0.2) is 49.2 Å². The van der Waals surface area contributed by atoms with E-state index in [1.165, 1.54) is 0 Å². The zero-order valence-corrected chi connectivity index (χ0v) is 17.6. The predicted molar refractivity (Wildman–Crippen MR) is 115 cm³/mol. The van der Waals surface area contributed by atoms with E-state index in [1.54, 1.807) is 19.3 Å². The van der Waals surface area contributed by atoms with Crippen LogP contribution in [0.1, 0.15) is 24.7 Å². The highest BCUT2D eigenvalue weighted by Gasteiger charge is 2.41. The predicted octanol–water partition coefficient (Wildman–Crippen LogP) is 3.53. The van der Waals surface area contributed by atoms with Gasteiger partial charge in [-0.15, -0.1) is 0 Å². The second kappa shape index (κ2) is 7.77. The number of hydrogen-bond acceptors (Lipinski definition) is 7. The van der Waals surface area contributed by atoms with E-state index in [1.807, 2.05) is 43.3 Å². The van der Waals surface area contributed by atoms with E-state index in [0.717, 1.165) is 28.0 Å². The largest absolute Gasteiger partial charge is 0.481 e. The Bertz CT molecular complexity index is 1310. The summed E-state index contributed by atoms with van der Waals surface area (Å²) in [6.45, 7) is 3.56. The Hall–Kier alpha value is -3.69. The number of nitrogens with one attached hydrogen (secondary N) is 1. The summed E-state index contributed by atoms with van der Waals surface area (Å²) >= 11 is 0. The molecule has 4 aromatic rings. The Morgan fingerprint density at radius 1 is 1.09 bits per heavy atom. The van der Waals surface area contributed by atoms with Crippen LogP contribution in [0.5, 0.6) is 0 Å². The molecule has 162 valence electrons. The van der Waals surface area contributed by atoms with Crippen molar-refractivity contribution in [3.05, 3.63) is 60.3 Å². The maximum Gasteiger partial charge on any atom is 0.314 e. The SMILES string of the molecule is Cc1cccc(-c2[nH]c(C3OCC(C)(C(=O)O)CO3)nc2-c2ccc3nccnc3c2)n1. The normalized spacial score (nSPS) is 21.0. The van der Waals surface area contributed by atoms with Gasteiger partial charge in [0.05, 0.1) is 41.3 Å². The number of benzene rings is 1. The van der Waals surface area contributed by atoms with Crippen LogP contribution in [0.2, 0.25) is 0 Å². The molecule has 3 aromatic heterocycles. The number of rotatable bonds is 4. The molecule has 0 spiro atoms. The fourth-order valence-corrected chi connectivity index (χ4v) is 3.58. The molecule has 0 saturated carbocycles. The number of imidazole rings is 1. The average Bonchev–Trinajstić information content (AvgIpc) is 3.25. The molecule has 32 heavy (non-hydrogen) atoms. The van der Waals surface area contributed by atoms with E-state index >= 15 is 0 Å². The second-order valence-corrected chi connectivity index (χ2v) is 8.09. The number of pyridine rings is 1. The number of carboxylic acid groups (broad SMARTS) is 1. The fraction of sp³-hybridized carbons (Fsp3) is 0.261. The molecule has 9 heteroatoms. The lowest BCUT2D eigenvalue weighted by molar-refractivity contribution is -0.236. The molecular formula is C23H21N5O4. The van der Waals surface area contributed by atoms with Gasteiger partial charge >= 0.3 is 5.97 Å². The van der Waals surface area contributed by atoms with Gasteiger partial charge in [0.25, 0.3) is 0 Å². The van der Waals surface area contributed by atoms with E-state index in [0.29, 0.717) is 17.2 Å². The first-order valence-electron chi connectivity index (χ1n) is 10.1.